The van der Waals surface area contributed by atoms with E-state index >= 15 is 0 Å². The Morgan fingerprint density at radius 2 is 2.12 bits per heavy atom. The van der Waals surface area contributed by atoms with Gasteiger partial charge in [0.2, 0.25) is 5.91 Å². The van der Waals surface area contributed by atoms with Gasteiger partial charge in [0.15, 0.2) is 0 Å². The second-order valence-electron chi connectivity index (χ2n) is 8.46. The zero-order chi connectivity index (χ0) is 17.7. The lowest BCUT2D eigenvalue weighted by Crippen LogP contribution is -2.26. The van der Waals surface area contributed by atoms with Crippen molar-refractivity contribution in [3.63, 3.8) is 0 Å². The van der Waals surface area contributed by atoms with Crippen LogP contribution in [-0.2, 0) is 17.9 Å². The predicted molar refractivity (Wildman–Crippen MR) is 103 cm³/mol. The van der Waals surface area contributed by atoms with Crippen LogP contribution in [0.1, 0.15) is 31.2 Å². The molecule has 4 nitrogen and oxygen atoms in total. The molecule has 0 radical (unpaired) electrons. The first-order valence-electron chi connectivity index (χ1n) is 9.91. The number of nitrogens with one attached hydrogen (secondary N) is 1. The highest BCUT2D eigenvalue weighted by atomic mass is 16.1. The Hall–Kier alpha value is -2.07. The first-order chi connectivity index (χ1) is 12.7. The lowest BCUT2D eigenvalue weighted by Gasteiger charge is -2.20. The van der Waals surface area contributed by atoms with Crippen LogP contribution in [0.25, 0.3) is 10.9 Å². The maximum Gasteiger partial charge on any atom is 0.219 e. The Kier molecular flexibility index (Phi) is 3.71. The summed E-state index contributed by atoms with van der Waals surface area (Å²) in [5.41, 5.74) is 8.50. The van der Waals surface area contributed by atoms with E-state index in [-0.39, 0.29) is 5.91 Å². The van der Waals surface area contributed by atoms with E-state index in [0.717, 1.165) is 30.8 Å². The number of para-hydroxylation sites is 1. The largest absolute Gasteiger partial charge is 0.370 e. The molecule has 4 heteroatoms. The molecule has 5 rings (SSSR count). The van der Waals surface area contributed by atoms with Crippen molar-refractivity contribution >= 4 is 16.8 Å². The summed E-state index contributed by atoms with van der Waals surface area (Å²) < 4.78 is 2.16. The molecule has 1 spiro atoms. The zero-order valence-corrected chi connectivity index (χ0v) is 15.2. The second kappa shape index (κ2) is 5.98. The normalized spacial score (nSPS) is 27.6. The van der Waals surface area contributed by atoms with Crippen LogP contribution in [0.3, 0.4) is 0 Å². The van der Waals surface area contributed by atoms with Crippen LogP contribution >= 0.6 is 0 Å². The van der Waals surface area contributed by atoms with E-state index < -0.39 is 0 Å². The molecule has 3 N–H and O–H groups in total. The zero-order valence-electron chi connectivity index (χ0n) is 15.2. The van der Waals surface area contributed by atoms with E-state index in [1.807, 2.05) is 0 Å². The minimum Gasteiger partial charge on any atom is -0.370 e. The predicted octanol–water partition coefficient (Wildman–Crippen LogP) is 3.21. The molecule has 3 atom stereocenters. The Labute approximate surface area is 154 Å². The standard InChI is InChI=1S/C22H27N3O/c23-21(26)7-10-25-14-16(18-3-1-2-4-20(18)25)13-24-12-15-11-17-5-6-19(15)22(17)8-9-22/h1-6,14-15,17,19,24H,7-13H2,(H2,23,26)/t15-,17-,19-/m0/s1. The van der Waals surface area contributed by atoms with Crippen molar-refractivity contribution in [3.8, 4) is 0 Å². The fraction of sp³-hybridized carbons (Fsp3) is 0.500. The summed E-state index contributed by atoms with van der Waals surface area (Å²) in [6.45, 7) is 2.64. The number of carbonyl (C=O) groups excluding carboxylic acids is 1. The molecule has 3 aliphatic rings. The van der Waals surface area contributed by atoms with Crippen molar-refractivity contribution in [2.24, 2.45) is 28.9 Å². The van der Waals surface area contributed by atoms with Gasteiger partial charge in [-0.2, -0.15) is 0 Å². The third kappa shape index (κ3) is 2.50. The molecule has 2 fully saturated rings. The Morgan fingerprint density at radius 1 is 1.27 bits per heavy atom. The van der Waals surface area contributed by atoms with Crippen molar-refractivity contribution in [1.29, 1.82) is 0 Å². The monoisotopic (exact) mass is 349 g/mol. The molecular weight excluding hydrogens is 322 g/mol. The number of rotatable bonds is 7. The van der Waals surface area contributed by atoms with E-state index in [2.05, 4.69) is 52.5 Å². The molecule has 2 aromatic rings. The number of nitrogens with two attached hydrogens (primary N) is 1. The first kappa shape index (κ1) is 16.1. The minimum absolute atomic E-state index is 0.249. The van der Waals surface area contributed by atoms with Gasteiger partial charge >= 0.3 is 0 Å². The van der Waals surface area contributed by atoms with E-state index in [4.69, 9.17) is 5.73 Å². The third-order valence-corrected chi connectivity index (χ3v) is 7.04. The van der Waals surface area contributed by atoms with Crippen LogP contribution in [0.15, 0.2) is 42.6 Å². The Bertz CT molecular complexity index is 877. The number of aryl methyl sites for hydroxylation is 1. The van der Waals surface area contributed by atoms with Gasteiger partial charge in [0, 0.05) is 36.6 Å². The first-order valence-corrected chi connectivity index (χ1v) is 9.91. The van der Waals surface area contributed by atoms with Crippen LogP contribution in [-0.4, -0.2) is 17.0 Å². The molecule has 1 aromatic carbocycles. The molecule has 3 aliphatic carbocycles. The molecule has 2 saturated carbocycles. The van der Waals surface area contributed by atoms with Crippen molar-refractivity contribution in [1.82, 2.24) is 9.88 Å². The maximum absolute atomic E-state index is 11.1. The number of nitrogens with zero attached hydrogens (tertiary/aromatic N) is 1. The molecule has 1 aromatic heterocycles. The molecule has 2 bridgehead atoms. The lowest BCUT2D eigenvalue weighted by molar-refractivity contribution is -0.118. The van der Waals surface area contributed by atoms with Gasteiger partial charge in [-0.1, -0.05) is 30.4 Å². The molecule has 1 amide bonds. The van der Waals surface area contributed by atoms with E-state index in [0.29, 0.717) is 18.4 Å². The summed E-state index contributed by atoms with van der Waals surface area (Å²) in [7, 11) is 0. The molecule has 136 valence electrons. The van der Waals surface area contributed by atoms with E-state index in [9.17, 15) is 4.79 Å². The van der Waals surface area contributed by atoms with Crippen molar-refractivity contribution in [2.75, 3.05) is 6.54 Å². The van der Waals surface area contributed by atoms with Crippen molar-refractivity contribution in [3.05, 3.63) is 48.2 Å². The lowest BCUT2D eigenvalue weighted by atomic mass is 9.89. The highest BCUT2D eigenvalue weighted by Crippen LogP contribution is 2.69. The van der Waals surface area contributed by atoms with Crippen LogP contribution in [0.2, 0.25) is 0 Å². The van der Waals surface area contributed by atoms with Gasteiger partial charge in [-0.15, -0.1) is 0 Å². The SMILES string of the molecule is NC(=O)CCn1cc(CNC[C@@H]2C[C@@H]3C=C[C@@H]2C32CC2)c2ccccc21. The molecule has 0 saturated heterocycles. The number of allylic oxidation sites excluding steroid dienone is 2. The van der Waals surface area contributed by atoms with Gasteiger partial charge < -0.3 is 15.6 Å². The summed E-state index contributed by atoms with van der Waals surface area (Å²) >= 11 is 0. The second-order valence-corrected chi connectivity index (χ2v) is 8.46. The van der Waals surface area contributed by atoms with Crippen molar-refractivity contribution in [2.45, 2.75) is 38.8 Å². The van der Waals surface area contributed by atoms with Crippen LogP contribution in [0, 0.1) is 23.2 Å². The maximum atomic E-state index is 11.1. The van der Waals surface area contributed by atoms with E-state index in [1.165, 1.54) is 35.7 Å². The fourth-order valence-corrected chi connectivity index (χ4v) is 5.63. The van der Waals surface area contributed by atoms with Crippen LogP contribution in [0.5, 0.6) is 0 Å². The van der Waals surface area contributed by atoms with Gasteiger partial charge in [0.05, 0.1) is 0 Å². The van der Waals surface area contributed by atoms with Gasteiger partial charge in [-0.25, -0.2) is 0 Å². The quantitative estimate of drug-likeness (QED) is 0.754. The fourth-order valence-electron chi connectivity index (χ4n) is 5.63. The third-order valence-electron chi connectivity index (χ3n) is 7.04. The number of fused-ring (bicyclic) bond motifs is 1. The number of hydrogen-bond acceptors (Lipinski definition) is 2. The highest BCUT2D eigenvalue weighted by Gasteiger charge is 2.62. The van der Waals surface area contributed by atoms with Gasteiger partial charge in [-0.05, 0) is 60.6 Å². The van der Waals surface area contributed by atoms with Gasteiger partial charge in [-0.3, -0.25) is 4.79 Å². The minimum atomic E-state index is -0.249. The number of aromatic nitrogens is 1. The molecule has 0 unspecified atom stereocenters. The number of hydrogen-bond donors (Lipinski definition) is 2. The molecule has 1 heterocycles. The average molecular weight is 349 g/mol. The van der Waals surface area contributed by atoms with Gasteiger partial charge in [0.1, 0.15) is 0 Å². The summed E-state index contributed by atoms with van der Waals surface area (Å²) in [5, 5.41) is 5.00. The van der Waals surface area contributed by atoms with Crippen LogP contribution in [0.4, 0.5) is 0 Å². The summed E-state index contributed by atoms with van der Waals surface area (Å²) in [4.78, 5) is 11.1. The summed E-state index contributed by atoms with van der Waals surface area (Å²) in [5.74, 6) is 2.23. The number of benzene rings is 1. The molecular formula is C22H27N3O. The number of carbonyl (C=O) groups is 1. The molecule has 0 aliphatic heterocycles. The number of amides is 1. The summed E-state index contributed by atoms with van der Waals surface area (Å²) in [6.07, 6.45) is 11.8. The smallest absolute Gasteiger partial charge is 0.219 e. The topological polar surface area (TPSA) is 60.1 Å². The Balaban J connectivity index is 1.26. The highest BCUT2D eigenvalue weighted by molar-refractivity contribution is 5.84. The number of primary amides is 1. The van der Waals surface area contributed by atoms with E-state index in [1.54, 1.807) is 0 Å². The van der Waals surface area contributed by atoms with Crippen LogP contribution < -0.4 is 11.1 Å². The summed E-state index contributed by atoms with van der Waals surface area (Å²) in [6, 6.07) is 8.43. The Morgan fingerprint density at radius 3 is 2.88 bits per heavy atom. The van der Waals surface area contributed by atoms with Gasteiger partial charge in [0.25, 0.3) is 0 Å². The molecule has 26 heavy (non-hydrogen) atoms. The van der Waals surface area contributed by atoms with Crippen molar-refractivity contribution < 1.29 is 4.79 Å². The average Bonchev–Trinajstić information content (AvgIpc) is 3.18.